The van der Waals surface area contributed by atoms with E-state index in [0.29, 0.717) is 11.0 Å². The Labute approximate surface area is 119 Å². The van der Waals surface area contributed by atoms with E-state index in [1.54, 1.807) is 0 Å². The largest absolute Gasteiger partial charge is 0.308 e. The van der Waals surface area contributed by atoms with Crippen molar-refractivity contribution in [1.29, 1.82) is 0 Å². The first-order valence-electron chi connectivity index (χ1n) is 8.51. The van der Waals surface area contributed by atoms with Gasteiger partial charge in [-0.2, -0.15) is 0 Å². The first-order valence-corrected chi connectivity index (χ1v) is 8.51. The third-order valence-corrected chi connectivity index (χ3v) is 6.05. The summed E-state index contributed by atoms with van der Waals surface area (Å²) in [5.41, 5.74) is 1.05. The van der Waals surface area contributed by atoms with Crippen LogP contribution in [0.1, 0.15) is 72.1 Å². The Morgan fingerprint density at radius 1 is 1.05 bits per heavy atom. The van der Waals surface area contributed by atoms with Gasteiger partial charge in [0.1, 0.15) is 0 Å². The minimum absolute atomic E-state index is 0.470. The van der Waals surface area contributed by atoms with Crippen LogP contribution in [0.5, 0.6) is 0 Å². The Kier molecular flexibility index (Phi) is 3.68. The maximum Gasteiger partial charge on any atom is 0.0309 e. The normalized spacial score (nSPS) is 38.7. The summed E-state index contributed by atoms with van der Waals surface area (Å²) >= 11 is 0. The Balaban J connectivity index is 1.69. The number of hydrogen-bond donors (Lipinski definition) is 1. The quantitative estimate of drug-likeness (QED) is 0.779. The Hall–Kier alpha value is -0.0800. The maximum absolute atomic E-state index is 3.92. The fourth-order valence-corrected chi connectivity index (χ4v) is 4.78. The first kappa shape index (κ1) is 13.9. The average Bonchev–Trinajstić information content (AvgIpc) is 2.74. The molecule has 3 rings (SSSR count). The molecule has 0 aromatic rings. The van der Waals surface area contributed by atoms with Gasteiger partial charge >= 0.3 is 0 Å². The van der Waals surface area contributed by atoms with Gasteiger partial charge in [0.15, 0.2) is 0 Å². The highest BCUT2D eigenvalue weighted by molar-refractivity contribution is 5.02. The molecule has 2 nitrogen and oxygen atoms in total. The molecule has 0 radical (unpaired) electrons. The van der Waals surface area contributed by atoms with E-state index >= 15 is 0 Å². The molecule has 3 aliphatic rings. The lowest BCUT2D eigenvalue weighted by atomic mass is 9.79. The van der Waals surface area contributed by atoms with Crippen molar-refractivity contribution in [3.63, 3.8) is 0 Å². The third kappa shape index (κ3) is 2.85. The maximum atomic E-state index is 3.92. The molecule has 110 valence electrons. The van der Waals surface area contributed by atoms with Gasteiger partial charge in [-0.15, -0.1) is 0 Å². The molecular weight excluding hydrogens is 232 g/mol. The molecule has 1 N–H and O–H groups in total. The lowest BCUT2D eigenvalue weighted by molar-refractivity contribution is 0.0297. The highest BCUT2D eigenvalue weighted by atomic mass is 15.3. The summed E-state index contributed by atoms with van der Waals surface area (Å²) in [7, 11) is 0. The third-order valence-electron chi connectivity index (χ3n) is 6.05. The van der Waals surface area contributed by atoms with Crippen LogP contribution in [0.2, 0.25) is 0 Å². The summed E-state index contributed by atoms with van der Waals surface area (Å²) in [4.78, 5) is 2.87. The topological polar surface area (TPSA) is 15.3 Å². The van der Waals surface area contributed by atoms with Crippen LogP contribution in [0.3, 0.4) is 0 Å². The van der Waals surface area contributed by atoms with Crippen molar-refractivity contribution in [2.24, 2.45) is 5.41 Å². The van der Waals surface area contributed by atoms with Gasteiger partial charge < -0.3 is 5.32 Å². The van der Waals surface area contributed by atoms with E-state index in [1.165, 1.54) is 64.5 Å². The zero-order chi connectivity index (χ0) is 13.5. The second kappa shape index (κ2) is 5.04. The molecule has 0 aromatic carbocycles. The number of rotatable bonds is 1. The molecule has 2 heteroatoms. The summed E-state index contributed by atoms with van der Waals surface area (Å²) in [5.74, 6) is 0. The van der Waals surface area contributed by atoms with Gasteiger partial charge in [-0.1, -0.05) is 33.1 Å². The standard InChI is InChI=1S/C17H32N2/c1-14-12-18-17(8-5-4-6-9-17)13-19(14)15-7-10-16(2,3)11-15/h14-15,18H,4-13H2,1-3H3. The fourth-order valence-electron chi connectivity index (χ4n) is 4.78. The summed E-state index contributed by atoms with van der Waals surface area (Å²) in [6.45, 7) is 9.85. The summed E-state index contributed by atoms with van der Waals surface area (Å²) in [5, 5.41) is 3.92. The van der Waals surface area contributed by atoms with Gasteiger partial charge in [-0.3, -0.25) is 4.90 Å². The lowest BCUT2D eigenvalue weighted by Gasteiger charge is -2.51. The number of nitrogens with zero attached hydrogens (tertiary/aromatic N) is 1. The van der Waals surface area contributed by atoms with E-state index in [1.807, 2.05) is 0 Å². The van der Waals surface area contributed by atoms with Crippen molar-refractivity contribution in [2.75, 3.05) is 13.1 Å². The lowest BCUT2D eigenvalue weighted by Crippen LogP contribution is -2.65. The van der Waals surface area contributed by atoms with E-state index in [2.05, 4.69) is 31.0 Å². The van der Waals surface area contributed by atoms with Crippen LogP contribution in [-0.2, 0) is 0 Å². The van der Waals surface area contributed by atoms with Gasteiger partial charge in [-0.25, -0.2) is 0 Å². The first-order chi connectivity index (χ1) is 9.00. The van der Waals surface area contributed by atoms with Crippen LogP contribution in [-0.4, -0.2) is 35.6 Å². The molecule has 1 aliphatic heterocycles. The van der Waals surface area contributed by atoms with Crippen LogP contribution in [0.15, 0.2) is 0 Å². The number of nitrogens with one attached hydrogen (secondary N) is 1. The molecule has 1 spiro atoms. The summed E-state index contributed by atoms with van der Waals surface area (Å²) < 4.78 is 0. The van der Waals surface area contributed by atoms with Crippen LogP contribution < -0.4 is 5.32 Å². The van der Waals surface area contributed by atoms with E-state index in [0.717, 1.165) is 12.1 Å². The molecule has 3 fully saturated rings. The van der Waals surface area contributed by atoms with Crippen molar-refractivity contribution >= 4 is 0 Å². The molecular formula is C17H32N2. The zero-order valence-corrected chi connectivity index (χ0v) is 13.2. The second-order valence-electron chi connectivity index (χ2n) is 8.30. The molecule has 2 saturated carbocycles. The van der Waals surface area contributed by atoms with Crippen molar-refractivity contribution in [2.45, 2.75) is 89.8 Å². The molecule has 0 amide bonds. The van der Waals surface area contributed by atoms with Crippen LogP contribution in [0.4, 0.5) is 0 Å². The predicted molar refractivity (Wildman–Crippen MR) is 81.4 cm³/mol. The van der Waals surface area contributed by atoms with E-state index in [-0.39, 0.29) is 0 Å². The van der Waals surface area contributed by atoms with Crippen molar-refractivity contribution in [1.82, 2.24) is 10.2 Å². The van der Waals surface area contributed by atoms with Gasteiger partial charge in [-0.05, 0) is 44.4 Å². The molecule has 0 aromatic heterocycles. The number of piperazine rings is 1. The van der Waals surface area contributed by atoms with Crippen molar-refractivity contribution in [3.05, 3.63) is 0 Å². The van der Waals surface area contributed by atoms with Crippen LogP contribution >= 0.6 is 0 Å². The van der Waals surface area contributed by atoms with E-state index in [9.17, 15) is 0 Å². The van der Waals surface area contributed by atoms with Gasteiger partial charge in [0.25, 0.3) is 0 Å². The smallest absolute Gasteiger partial charge is 0.0309 e. The Morgan fingerprint density at radius 2 is 1.79 bits per heavy atom. The zero-order valence-electron chi connectivity index (χ0n) is 13.2. The average molecular weight is 264 g/mol. The molecule has 19 heavy (non-hydrogen) atoms. The minimum Gasteiger partial charge on any atom is -0.308 e. The molecule has 0 bridgehead atoms. The molecule has 2 atom stereocenters. The molecule has 2 unspecified atom stereocenters. The highest BCUT2D eigenvalue weighted by Gasteiger charge is 2.43. The van der Waals surface area contributed by atoms with Crippen LogP contribution in [0.25, 0.3) is 0 Å². The minimum atomic E-state index is 0.470. The fraction of sp³-hybridized carbons (Fsp3) is 1.00. The summed E-state index contributed by atoms with van der Waals surface area (Å²) in [6, 6.07) is 1.58. The predicted octanol–water partition coefficient (Wildman–Crippen LogP) is 3.56. The monoisotopic (exact) mass is 264 g/mol. The molecule has 1 heterocycles. The highest BCUT2D eigenvalue weighted by Crippen LogP contribution is 2.42. The van der Waals surface area contributed by atoms with Crippen molar-refractivity contribution in [3.8, 4) is 0 Å². The van der Waals surface area contributed by atoms with Crippen molar-refractivity contribution < 1.29 is 0 Å². The SMILES string of the molecule is CC1CNC2(CCCCC2)CN1C1CCC(C)(C)C1. The number of hydrogen-bond acceptors (Lipinski definition) is 2. The van der Waals surface area contributed by atoms with Gasteiger partial charge in [0.2, 0.25) is 0 Å². The second-order valence-corrected chi connectivity index (χ2v) is 8.30. The summed E-state index contributed by atoms with van der Waals surface area (Å²) in [6.07, 6.45) is 11.4. The Bertz CT molecular complexity index is 317. The molecule has 2 aliphatic carbocycles. The van der Waals surface area contributed by atoms with Crippen LogP contribution in [0, 0.1) is 5.41 Å². The Morgan fingerprint density at radius 3 is 2.42 bits per heavy atom. The molecule has 1 saturated heterocycles. The van der Waals surface area contributed by atoms with Gasteiger partial charge in [0, 0.05) is 30.7 Å². The van der Waals surface area contributed by atoms with Gasteiger partial charge in [0.05, 0.1) is 0 Å². The van der Waals surface area contributed by atoms with E-state index in [4.69, 9.17) is 0 Å². The van der Waals surface area contributed by atoms with E-state index < -0.39 is 0 Å².